The van der Waals surface area contributed by atoms with Gasteiger partial charge in [0.1, 0.15) is 28.6 Å². The van der Waals surface area contributed by atoms with Gasteiger partial charge in [0.15, 0.2) is 5.76 Å². The number of benzene rings is 1. The van der Waals surface area contributed by atoms with Gasteiger partial charge in [-0.3, -0.25) is 0 Å². The van der Waals surface area contributed by atoms with E-state index in [0.29, 0.717) is 56.3 Å². The zero-order chi connectivity index (χ0) is 21.2. The summed E-state index contributed by atoms with van der Waals surface area (Å²) in [5, 5.41) is 14.4. The van der Waals surface area contributed by atoms with Gasteiger partial charge in [-0.1, -0.05) is 11.2 Å². The molecule has 0 aliphatic carbocycles. The monoisotopic (exact) mass is 422 g/mol. The molecule has 0 unspecified atom stereocenters. The van der Waals surface area contributed by atoms with Gasteiger partial charge >= 0.3 is 0 Å². The summed E-state index contributed by atoms with van der Waals surface area (Å²) in [6.07, 6.45) is 2.29. The van der Waals surface area contributed by atoms with Crippen LogP contribution in [0.2, 0.25) is 0 Å². The molecule has 0 radical (unpaired) electrons. The number of nitrogens with one attached hydrogen (secondary N) is 1. The van der Waals surface area contributed by atoms with Gasteiger partial charge in [0, 0.05) is 5.56 Å². The van der Waals surface area contributed by atoms with Crippen LogP contribution in [0.1, 0.15) is 22.6 Å². The van der Waals surface area contributed by atoms with Gasteiger partial charge < -0.3 is 19.3 Å². The predicted molar refractivity (Wildman–Crippen MR) is 108 cm³/mol. The molecule has 29 heavy (non-hydrogen) atoms. The smallest absolute Gasteiger partial charge is 0.248 e. The highest BCUT2D eigenvalue weighted by Crippen LogP contribution is 2.29. The molecule has 1 aromatic carbocycles. The van der Waals surface area contributed by atoms with E-state index in [1.54, 1.807) is 27.0 Å². The summed E-state index contributed by atoms with van der Waals surface area (Å²) >= 11 is 0. The predicted octanol–water partition coefficient (Wildman–Crippen LogP) is 0.824. The normalized spacial score (nSPS) is 16.1. The molecule has 0 spiro atoms. The second-order valence-corrected chi connectivity index (χ2v) is 9.15. The quantitative estimate of drug-likeness (QED) is 0.642. The number of hydrogen-bond donors (Lipinski definition) is 2. The lowest BCUT2D eigenvalue weighted by Crippen LogP contribution is -3.13. The number of aromatic hydroxyl groups is 1. The third kappa shape index (κ3) is 4.31. The Hall–Kier alpha value is -2.36. The van der Waals surface area contributed by atoms with Gasteiger partial charge in [0.05, 0.1) is 38.9 Å². The van der Waals surface area contributed by atoms with Crippen molar-refractivity contribution in [3.8, 4) is 11.5 Å². The van der Waals surface area contributed by atoms with Gasteiger partial charge in [-0.15, -0.1) is 6.58 Å². The molecule has 9 heteroatoms. The first kappa shape index (κ1) is 21.4. The Labute approximate surface area is 171 Å². The molecule has 2 aromatic rings. The minimum absolute atomic E-state index is 0.167. The third-order valence-corrected chi connectivity index (χ3v) is 7.42. The van der Waals surface area contributed by atoms with Crippen molar-refractivity contribution in [3.63, 3.8) is 0 Å². The van der Waals surface area contributed by atoms with Crippen LogP contribution in [-0.4, -0.2) is 56.3 Å². The number of rotatable bonds is 7. The van der Waals surface area contributed by atoms with E-state index in [1.807, 2.05) is 12.1 Å². The second-order valence-electron chi connectivity index (χ2n) is 7.27. The summed E-state index contributed by atoms with van der Waals surface area (Å²) < 4.78 is 37.8. The Morgan fingerprint density at radius 1 is 1.31 bits per heavy atom. The van der Waals surface area contributed by atoms with Crippen LogP contribution in [0.5, 0.6) is 11.5 Å². The van der Waals surface area contributed by atoms with Crippen molar-refractivity contribution in [1.29, 1.82) is 0 Å². The van der Waals surface area contributed by atoms with Crippen LogP contribution in [0, 0.1) is 13.8 Å². The van der Waals surface area contributed by atoms with Crippen molar-refractivity contribution in [2.24, 2.45) is 0 Å². The first-order chi connectivity index (χ1) is 13.8. The summed E-state index contributed by atoms with van der Waals surface area (Å²) in [5.74, 6) is 1.26. The van der Waals surface area contributed by atoms with Crippen molar-refractivity contribution in [1.82, 2.24) is 9.46 Å². The highest BCUT2D eigenvalue weighted by molar-refractivity contribution is 7.89. The number of allylic oxidation sites excluding steroid dienone is 1. The summed E-state index contributed by atoms with van der Waals surface area (Å²) in [6.45, 7) is 9.63. The fourth-order valence-corrected chi connectivity index (χ4v) is 5.49. The maximum atomic E-state index is 13.0. The minimum atomic E-state index is -3.63. The van der Waals surface area contributed by atoms with Gasteiger partial charge in [-0.05, 0) is 32.4 Å². The van der Waals surface area contributed by atoms with Gasteiger partial charge in [-0.2, -0.15) is 4.31 Å². The first-order valence-corrected chi connectivity index (χ1v) is 11.0. The Morgan fingerprint density at radius 3 is 2.52 bits per heavy atom. The van der Waals surface area contributed by atoms with Gasteiger partial charge in [0.25, 0.3) is 0 Å². The lowest BCUT2D eigenvalue weighted by molar-refractivity contribution is -0.917. The molecule has 0 bridgehead atoms. The molecule has 0 atom stereocenters. The minimum Gasteiger partial charge on any atom is -0.507 e. The molecule has 3 rings (SSSR count). The summed E-state index contributed by atoms with van der Waals surface area (Å²) in [4.78, 5) is 1.36. The number of ether oxygens (including phenoxy) is 1. The molecule has 1 fully saturated rings. The van der Waals surface area contributed by atoms with E-state index < -0.39 is 10.0 Å². The van der Waals surface area contributed by atoms with Crippen LogP contribution in [0.25, 0.3) is 0 Å². The number of nitrogens with zero attached hydrogens (tertiary/aromatic N) is 2. The largest absolute Gasteiger partial charge is 0.507 e. The van der Waals surface area contributed by atoms with Crippen molar-refractivity contribution >= 4 is 10.0 Å². The molecule has 8 nitrogen and oxygen atoms in total. The molecule has 1 aliphatic heterocycles. The Kier molecular flexibility index (Phi) is 6.30. The van der Waals surface area contributed by atoms with E-state index in [2.05, 4.69) is 11.7 Å². The molecule has 1 aliphatic rings. The van der Waals surface area contributed by atoms with Crippen molar-refractivity contribution in [2.75, 3.05) is 33.3 Å². The van der Waals surface area contributed by atoms with E-state index in [9.17, 15) is 13.5 Å². The number of sulfonamides is 1. The van der Waals surface area contributed by atoms with Crippen LogP contribution < -0.4 is 9.64 Å². The third-order valence-electron chi connectivity index (χ3n) is 5.28. The molecule has 1 saturated heterocycles. The van der Waals surface area contributed by atoms with Crippen LogP contribution in [0.15, 0.2) is 34.2 Å². The molecule has 1 aromatic heterocycles. The van der Waals surface area contributed by atoms with E-state index >= 15 is 0 Å². The molecule has 158 valence electrons. The highest BCUT2D eigenvalue weighted by Gasteiger charge is 2.34. The number of quaternary nitrogens is 1. The number of phenols is 1. The molecule has 2 heterocycles. The number of piperazine rings is 1. The zero-order valence-electron chi connectivity index (χ0n) is 17.1. The summed E-state index contributed by atoms with van der Waals surface area (Å²) in [5.41, 5.74) is 1.94. The van der Waals surface area contributed by atoms with Gasteiger partial charge in [-0.25, -0.2) is 8.42 Å². The number of methoxy groups -OCH3 is 1. The standard InChI is InChI=1S/C20H27N3O5S/c1-5-6-16-11-18(27-4)12-17(19(16)24)13-22-7-9-23(10-8-22)29(25,26)20-14(2)21-28-15(20)3/h5,11-12,24H,1,6-10,13H2,2-4H3/p+1. The molecule has 0 amide bonds. The van der Waals surface area contributed by atoms with Crippen molar-refractivity contribution in [3.05, 3.63) is 47.4 Å². The maximum absolute atomic E-state index is 13.0. The number of aromatic nitrogens is 1. The van der Waals surface area contributed by atoms with Crippen molar-refractivity contribution in [2.45, 2.75) is 31.7 Å². The van der Waals surface area contributed by atoms with Crippen LogP contribution in [-0.2, 0) is 23.0 Å². The molecular weight excluding hydrogens is 394 g/mol. The zero-order valence-corrected chi connectivity index (χ0v) is 17.9. The lowest BCUT2D eigenvalue weighted by atomic mass is 10.0. The summed E-state index contributed by atoms with van der Waals surface area (Å²) in [7, 11) is -2.03. The van der Waals surface area contributed by atoms with Crippen molar-refractivity contribution < 1.29 is 27.7 Å². The molecule has 0 saturated carbocycles. The van der Waals surface area contributed by atoms with E-state index in [1.165, 1.54) is 9.21 Å². The lowest BCUT2D eigenvalue weighted by Gasteiger charge is -2.31. The fraction of sp³-hybridized carbons (Fsp3) is 0.450. The topological polar surface area (TPSA) is 97.3 Å². The Bertz CT molecular complexity index is 972. The fourth-order valence-electron chi connectivity index (χ4n) is 3.75. The number of phenolic OH excluding ortho intramolecular Hbond substituents is 1. The number of hydrogen-bond acceptors (Lipinski definition) is 6. The second kappa shape index (κ2) is 8.56. The number of aryl methyl sites for hydroxylation is 2. The Morgan fingerprint density at radius 2 is 1.97 bits per heavy atom. The van der Waals surface area contributed by atoms with Gasteiger partial charge in [0.2, 0.25) is 10.0 Å². The van der Waals surface area contributed by atoms with E-state index in [4.69, 9.17) is 9.26 Å². The van der Waals surface area contributed by atoms with Crippen LogP contribution in [0.4, 0.5) is 0 Å². The van der Waals surface area contributed by atoms with E-state index in [-0.39, 0.29) is 10.6 Å². The average Bonchev–Trinajstić information content (AvgIpc) is 3.04. The SMILES string of the molecule is C=CCc1cc(OC)cc(C[NH+]2CCN(S(=O)(=O)c3c(C)noc3C)CC2)c1O. The Balaban J connectivity index is 1.72. The van der Waals surface area contributed by atoms with E-state index in [0.717, 1.165) is 11.1 Å². The molecule has 2 N–H and O–H groups in total. The highest BCUT2D eigenvalue weighted by atomic mass is 32.2. The first-order valence-electron chi connectivity index (χ1n) is 9.54. The van der Waals surface area contributed by atoms with Crippen LogP contribution >= 0.6 is 0 Å². The maximum Gasteiger partial charge on any atom is 0.248 e. The summed E-state index contributed by atoms with van der Waals surface area (Å²) in [6, 6.07) is 3.64. The van der Waals surface area contributed by atoms with Crippen LogP contribution in [0.3, 0.4) is 0 Å². The average molecular weight is 423 g/mol. The molecular formula is C20H28N3O5S+.